The van der Waals surface area contributed by atoms with Crippen molar-refractivity contribution in [2.75, 3.05) is 26.2 Å². The number of hydrogen-bond acceptors (Lipinski definition) is 4. The average Bonchev–Trinajstić information content (AvgIpc) is 2.71. The second kappa shape index (κ2) is 7.76. The molecule has 6 heteroatoms. The molecular weight excluding hydrogens is 330 g/mol. The van der Waals surface area contributed by atoms with Gasteiger partial charge in [-0.2, -0.15) is 0 Å². The zero-order valence-corrected chi connectivity index (χ0v) is 15.1. The molecular formula is C20H27N3O3. The van der Waals surface area contributed by atoms with Gasteiger partial charge >= 0.3 is 0 Å². The molecule has 2 amide bonds. The van der Waals surface area contributed by atoms with Crippen LogP contribution in [0.4, 0.5) is 0 Å². The summed E-state index contributed by atoms with van der Waals surface area (Å²) >= 11 is 0. The highest BCUT2D eigenvalue weighted by Gasteiger charge is 2.47. The number of morpholine rings is 1. The van der Waals surface area contributed by atoms with E-state index in [2.05, 4.69) is 5.32 Å². The van der Waals surface area contributed by atoms with Crippen molar-refractivity contribution in [2.24, 2.45) is 0 Å². The molecule has 0 bridgehead atoms. The number of likely N-dealkylation sites (tertiary alicyclic amines) is 1. The first-order valence-corrected chi connectivity index (χ1v) is 9.73. The van der Waals surface area contributed by atoms with Gasteiger partial charge in [0.05, 0.1) is 12.1 Å². The molecule has 140 valence electrons. The Bertz CT molecular complexity index is 645. The van der Waals surface area contributed by atoms with Crippen molar-refractivity contribution in [3.63, 3.8) is 0 Å². The van der Waals surface area contributed by atoms with E-state index in [0.717, 1.165) is 50.9 Å². The van der Waals surface area contributed by atoms with Crippen LogP contribution in [0.2, 0.25) is 0 Å². The highest BCUT2D eigenvalue weighted by molar-refractivity contribution is 6.04. The van der Waals surface area contributed by atoms with Crippen molar-refractivity contribution in [2.45, 2.75) is 50.5 Å². The summed E-state index contributed by atoms with van der Waals surface area (Å²) in [6, 6.07) is 9.96. The first-order chi connectivity index (χ1) is 12.7. The Kier molecular flexibility index (Phi) is 5.22. The molecule has 3 saturated heterocycles. The molecule has 0 aromatic heterocycles. The van der Waals surface area contributed by atoms with Gasteiger partial charge in [0.15, 0.2) is 0 Å². The Morgan fingerprint density at radius 2 is 1.92 bits per heavy atom. The summed E-state index contributed by atoms with van der Waals surface area (Å²) in [6.07, 6.45) is 2.95. The van der Waals surface area contributed by atoms with Crippen LogP contribution >= 0.6 is 0 Å². The number of nitrogens with one attached hydrogen (secondary N) is 1. The molecule has 3 atom stereocenters. The maximum Gasteiger partial charge on any atom is 0.262 e. The molecule has 1 N–H and O–H groups in total. The molecule has 3 aliphatic heterocycles. The molecule has 26 heavy (non-hydrogen) atoms. The number of carbonyl (C=O) groups excluding carboxylic acids is 2. The lowest BCUT2D eigenvalue weighted by molar-refractivity contribution is -0.185. The summed E-state index contributed by atoms with van der Waals surface area (Å²) in [5.74, 6) is -0.334. The zero-order chi connectivity index (χ0) is 17.9. The number of benzene rings is 1. The van der Waals surface area contributed by atoms with Gasteiger partial charge in [0.25, 0.3) is 11.8 Å². The molecule has 6 nitrogen and oxygen atoms in total. The number of fused-ring (bicyclic) bond motifs is 1. The Balaban J connectivity index is 1.56. The van der Waals surface area contributed by atoms with Crippen molar-refractivity contribution in [1.29, 1.82) is 0 Å². The largest absolute Gasteiger partial charge is 0.353 e. The van der Waals surface area contributed by atoms with Crippen LogP contribution in [-0.2, 0) is 20.9 Å². The van der Waals surface area contributed by atoms with Crippen LogP contribution in [0, 0.1) is 0 Å². The number of piperidine rings is 2. The van der Waals surface area contributed by atoms with Gasteiger partial charge in [-0.1, -0.05) is 30.3 Å². The van der Waals surface area contributed by atoms with Gasteiger partial charge in [0.2, 0.25) is 6.10 Å². The predicted octanol–water partition coefficient (Wildman–Crippen LogP) is 1.16. The van der Waals surface area contributed by atoms with E-state index >= 15 is 0 Å². The van der Waals surface area contributed by atoms with Gasteiger partial charge in [0, 0.05) is 26.2 Å². The summed E-state index contributed by atoms with van der Waals surface area (Å²) in [5, 5.41) is 3.36. The third kappa shape index (κ3) is 3.48. The Labute approximate surface area is 154 Å². The minimum atomic E-state index is -0.976. The number of amides is 2. The molecule has 0 saturated carbocycles. The van der Waals surface area contributed by atoms with E-state index in [-0.39, 0.29) is 24.0 Å². The van der Waals surface area contributed by atoms with Crippen LogP contribution in [0.3, 0.4) is 0 Å². The van der Waals surface area contributed by atoms with E-state index in [1.807, 2.05) is 40.1 Å². The van der Waals surface area contributed by atoms with Crippen LogP contribution in [0.5, 0.6) is 0 Å². The van der Waals surface area contributed by atoms with Gasteiger partial charge in [-0.15, -0.1) is 0 Å². The van der Waals surface area contributed by atoms with Crippen molar-refractivity contribution in [3.05, 3.63) is 35.9 Å². The number of carbonyl (C=O) groups is 2. The lowest BCUT2D eigenvalue weighted by Gasteiger charge is -2.47. The van der Waals surface area contributed by atoms with Crippen LogP contribution in [0.15, 0.2) is 30.3 Å². The molecule has 1 aromatic carbocycles. The summed E-state index contributed by atoms with van der Waals surface area (Å²) in [5.41, 5.74) is 1.08. The molecule has 0 radical (unpaired) electrons. The van der Waals surface area contributed by atoms with Gasteiger partial charge < -0.3 is 19.9 Å². The Morgan fingerprint density at radius 1 is 1.15 bits per heavy atom. The average molecular weight is 357 g/mol. The third-order valence-corrected chi connectivity index (χ3v) is 5.69. The molecule has 1 aromatic rings. The van der Waals surface area contributed by atoms with Crippen molar-refractivity contribution in [1.82, 2.24) is 15.1 Å². The van der Waals surface area contributed by atoms with E-state index in [1.165, 1.54) is 0 Å². The summed E-state index contributed by atoms with van der Waals surface area (Å²) in [6.45, 7) is 3.57. The second-order valence-corrected chi connectivity index (χ2v) is 7.45. The summed E-state index contributed by atoms with van der Waals surface area (Å²) in [7, 11) is 0. The second-order valence-electron chi connectivity index (χ2n) is 7.45. The summed E-state index contributed by atoms with van der Waals surface area (Å²) in [4.78, 5) is 29.8. The fourth-order valence-corrected chi connectivity index (χ4v) is 4.25. The molecule has 3 fully saturated rings. The lowest BCUT2D eigenvalue weighted by Crippen LogP contribution is -2.66. The topological polar surface area (TPSA) is 61.9 Å². The fourth-order valence-electron chi connectivity index (χ4n) is 4.25. The SMILES string of the molecule is O=C(C1OC2CCNCC2N(Cc2ccccc2)C1=O)N1CCCCC1. The quantitative estimate of drug-likeness (QED) is 0.825. The van der Waals surface area contributed by atoms with Gasteiger partial charge in [-0.25, -0.2) is 0 Å². The van der Waals surface area contributed by atoms with Crippen molar-refractivity contribution >= 4 is 11.8 Å². The molecule has 3 unspecified atom stereocenters. The summed E-state index contributed by atoms with van der Waals surface area (Å²) < 4.78 is 6.06. The smallest absolute Gasteiger partial charge is 0.262 e. The van der Waals surface area contributed by atoms with Gasteiger partial charge in [-0.05, 0) is 37.8 Å². The number of nitrogens with zero attached hydrogens (tertiary/aromatic N) is 2. The zero-order valence-electron chi connectivity index (χ0n) is 15.1. The monoisotopic (exact) mass is 357 g/mol. The van der Waals surface area contributed by atoms with E-state index in [1.54, 1.807) is 0 Å². The Hall–Kier alpha value is -1.92. The van der Waals surface area contributed by atoms with Crippen LogP contribution < -0.4 is 5.32 Å². The van der Waals surface area contributed by atoms with Crippen LogP contribution in [0.25, 0.3) is 0 Å². The highest BCUT2D eigenvalue weighted by Crippen LogP contribution is 2.27. The van der Waals surface area contributed by atoms with Crippen molar-refractivity contribution in [3.8, 4) is 0 Å². The molecule has 3 aliphatic rings. The normalized spacial score (nSPS) is 29.4. The third-order valence-electron chi connectivity index (χ3n) is 5.69. The first kappa shape index (κ1) is 17.5. The molecule has 3 heterocycles. The molecule has 0 spiro atoms. The molecule has 0 aliphatic carbocycles. The van der Waals surface area contributed by atoms with Crippen LogP contribution in [0.1, 0.15) is 31.2 Å². The van der Waals surface area contributed by atoms with E-state index < -0.39 is 6.10 Å². The van der Waals surface area contributed by atoms with E-state index in [0.29, 0.717) is 13.1 Å². The Morgan fingerprint density at radius 3 is 2.69 bits per heavy atom. The predicted molar refractivity (Wildman–Crippen MR) is 97.4 cm³/mol. The number of ether oxygens (including phenoxy) is 1. The number of hydrogen-bond donors (Lipinski definition) is 1. The maximum absolute atomic E-state index is 13.2. The maximum atomic E-state index is 13.2. The van der Waals surface area contributed by atoms with Gasteiger partial charge in [-0.3, -0.25) is 9.59 Å². The highest BCUT2D eigenvalue weighted by atomic mass is 16.5. The standard InChI is InChI=1S/C20H27N3O3/c24-19(22-11-5-2-6-12-22)18-20(25)23(14-15-7-3-1-4-8-15)16-13-21-10-9-17(16)26-18/h1,3-4,7-8,16-18,21H,2,5-6,9-14H2. The first-order valence-electron chi connectivity index (χ1n) is 9.73. The van der Waals surface area contributed by atoms with E-state index in [4.69, 9.17) is 4.74 Å². The lowest BCUT2D eigenvalue weighted by atomic mass is 9.97. The fraction of sp³-hybridized carbons (Fsp3) is 0.600. The minimum Gasteiger partial charge on any atom is -0.353 e. The molecule has 4 rings (SSSR count). The van der Waals surface area contributed by atoms with Crippen LogP contribution in [-0.4, -0.2) is 66.0 Å². The van der Waals surface area contributed by atoms with E-state index in [9.17, 15) is 9.59 Å². The van der Waals surface area contributed by atoms with Gasteiger partial charge in [0.1, 0.15) is 0 Å². The minimum absolute atomic E-state index is 0.0122. The number of rotatable bonds is 3. The van der Waals surface area contributed by atoms with Crippen molar-refractivity contribution < 1.29 is 14.3 Å².